The highest BCUT2D eigenvalue weighted by molar-refractivity contribution is 5.85. The van der Waals surface area contributed by atoms with Gasteiger partial charge in [-0.3, -0.25) is 9.80 Å². The molecule has 2 fully saturated rings. The quantitative estimate of drug-likeness (QED) is 0.192. The van der Waals surface area contributed by atoms with Gasteiger partial charge in [-0.2, -0.15) is 17.9 Å². The van der Waals surface area contributed by atoms with Crippen LogP contribution in [-0.2, 0) is 17.5 Å². The zero-order chi connectivity index (χ0) is 29.8. The number of hydrogen-bond donors (Lipinski definition) is 0. The lowest BCUT2D eigenvalue weighted by Gasteiger charge is -2.47. The highest BCUT2D eigenvalue weighted by Crippen LogP contribution is 2.38. The zero-order valence-electron chi connectivity index (χ0n) is 24.8. The van der Waals surface area contributed by atoms with E-state index in [1.54, 1.807) is 25.3 Å². The first-order valence-electron chi connectivity index (χ1n) is 14.6. The lowest BCUT2D eigenvalue weighted by molar-refractivity contribution is -0.146. The van der Waals surface area contributed by atoms with Crippen LogP contribution >= 0.6 is 24.8 Å². The summed E-state index contributed by atoms with van der Waals surface area (Å²) >= 11 is 0. The molecular formula is C32H37Cl2F3N6O2. The molecule has 6 rings (SSSR count). The number of nitrogens with zero attached hydrogens (tertiary/aromatic N) is 6. The van der Waals surface area contributed by atoms with Crippen LogP contribution in [0.5, 0.6) is 5.75 Å². The van der Waals surface area contributed by atoms with Crippen LogP contribution in [0, 0.1) is 0 Å². The second-order valence-electron chi connectivity index (χ2n) is 11.1. The molecule has 0 spiro atoms. The van der Waals surface area contributed by atoms with Crippen LogP contribution in [0.2, 0.25) is 0 Å². The van der Waals surface area contributed by atoms with E-state index >= 15 is 0 Å². The SMILES string of the molecule is COCCOc1ccc(-n2nnnc2C(F)(F)F)cc1CN1CC2CCCN2C(C(c2ccccc2)c2ccccc2)C1.Cl.Cl. The van der Waals surface area contributed by atoms with E-state index in [0.29, 0.717) is 31.5 Å². The van der Waals surface area contributed by atoms with Crippen molar-refractivity contribution in [2.45, 2.75) is 43.6 Å². The van der Waals surface area contributed by atoms with E-state index < -0.39 is 12.0 Å². The third-order valence-electron chi connectivity index (χ3n) is 8.42. The maximum atomic E-state index is 13.6. The van der Waals surface area contributed by atoms with Crippen LogP contribution in [0.25, 0.3) is 5.69 Å². The van der Waals surface area contributed by atoms with E-state index in [4.69, 9.17) is 9.47 Å². The number of piperazine rings is 1. The van der Waals surface area contributed by atoms with Gasteiger partial charge in [0, 0.05) is 50.3 Å². The molecule has 2 saturated heterocycles. The van der Waals surface area contributed by atoms with Crippen molar-refractivity contribution in [2.75, 3.05) is 40.0 Å². The van der Waals surface area contributed by atoms with Crippen molar-refractivity contribution in [2.24, 2.45) is 0 Å². The van der Waals surface area contributed by atoms with Gasteiger partial charge in [0.05, 0.1) is 12.3 Å². The molecule has 0 aliphatic carbocycles. The Balaban J connectivity index is 0.00000230. The number of halogens is 5. The topological polar surface area (TPSA) is 68.5 Å². The minimum Gasteiger partial charge on any atom is -0.491 e. The molecule has 8 nitrogen and oxygen atoms in total. The van der Waals surface area contributed by atoms with Gasteiger partial charge in [-0.05, 0) is 59.1 Å². The van der Waals surface area contributed by atoms with Crippen molar-refractivity contribution in [3.05, 3.63) is 101 Å². The summed E-state index contributed by atoms with van der Waals surface area (Å²) in [6, 6.07) is 26.9. The largest absolute Gasteiger partial charge is 0.491 e. The second-order valence-corrected chi connectivity index (χ2v) is 11.1. The molecule has 3 heterocycles. The van der Waals surface area contributed by atoms with Crippen molar-refractivity contribution < 1.29 is 22.6 Å². The number of hydrogen-bond acceptors (Lipinski definition) is 7. The van der Waals surface area contributed by atoms with Crippen molar-refractivity contribution in [1.29, 1.82) is 0 Å². The van der Waals surface area contributed by atoms with Crippen LogP contribution < -0.4 is 4.74 Å². The van der Waals surface area contributed by atoms with Crippen LogP contribution in [-0.4, -0.2) is 82.0 Å². The van der Waals surface area contributed by atoms with Gasteiger partial charge in [-0.25, -0.2) is 0 Å². The third-order valence-corrected chi connectivity index (χ3v) is 8.42. The monoisotopic (exact) mass is 664 g/mol. The summed E-state index contributed by atoms with van der Waals surface area (Å²) in [5.74, 6) is -0.389. The molecular weight excluding hydrogens is 628 g/mol. The number of rotatable bonds is 10. The maximum Gasteiger partial charge on any atom is 0.453 e. The van der Waals surface area contributed by atoms with Crippen molar-refractivity contribution in [3.63, 3.8) is 0 Å². The Morgan fingerprint density at radius 2 is 1.60 bits per heavy atom. The van der Waals surface area contributed by atoms with E-state index in [-0.39, 0.29) is 42.5 Å². The summed E-state index contributed by atoms with van der Waals surface area (Å²) in [7, 11) is 1.60. The Morgan fingerprint density at radius 1 is 0.911 bits per heavy atom. The van der Waals surface area contributed by atoms with Gasteiger partial charge in [0.25, 0.3) is 5.82 Å². The highest BCUT2D eigenvalue weighted by atomic mass is 35.5. The Morgan fingerprint density at radius 3 is 2.24 bits per heavy atom. The van der Waals surface area contributed by atoms with Crippen LogP contribution in [0.4, 0.5) is 13.2 Å². The average molecular weight is 666 g/mol. The normalized spacial score (nSPS) is 18.7. The second kappa shape index (κ2) is 15.4. The number of tetrazole rings is 1. The lowest BCUT2D eigenvalue weighted by atomic mass is 9.82. The molecule has 45 heavy (non-hydrogen) atoms. The molecule has 2 aliphatic heterocycles. The zero-order valence-corrected chi connectivity index (χ0v) is 26.5. The minimum atomic E-state index is -4.69. The van der Waals surface area contributed by atoms with Crippen LogP contribution in [0.15, 0.2) is 78.9 Å². The first-order chi connectivity index (χ1) is 20.9. The number of aromatic nitrogens is 4. The third kappa shape index (κ3) is 7.78. The standard InChI is InChI=1S/C32H35F3N6O2.2ClH/c1-42-17-18-43-29-15-14-26(41-31(32(33,34)35)36-37-38-41)19-25(29)20-39-21-27-13-8-16-40(27)28(22-39)30(23-9-4-2-5-10-23)24-11-6-3-7-12-24;;/h2-7,9-12,14-15,19,27-28,30H,8,13,16-18,20-22H2,1H3;2*1H. The van der Waals surface area contributed by atoms with Crippen LogP contribution in [0.1, 0.15) is 41.3 Å². The first-order valence-corrected chi connectivity index (χ1v) is 14.6. The van der Waals surface area contributed by atoms with Crippen molar-refractivity contribution in [1.82, 2.24) is 30.0 Å². The molecule has 3 aromatic carbocycles. The average Bonchev–Trinajstić information content (AvgIpc) is 3.70. The van der Waals surface area contributed by atoms with Gasteiger partial charge in [-0.1, -0.05) is 60.7 Å². The van der Waals surface area contributed by atoms with Gasteiger partial charge >= 0.3 is 6.18 Å². The molecule has 0 N–H and O–H groups in total. The molecule has 2 atom stereocenters. The van der Waals surface area contributed by atoms with E-state index in [1.165, 1.54) is 11.1 Å². The van der Waals surface area contributed by atoms with E-state index in [1.807, 2.05) is 12.1 Å². The van der Waals surface area contributed by atoms with Gasteiger partial charge in [0.15, 0.2) is 0 Å². The summed E-state index contributed by atoms with van der Waals surface area (Å²) in [6.45, 7) is 3.95. The number of alkyl halides is 3. The molecule has 0 radical (unpaired) electrons. The molecule has 0 bridgehead atoms. The molecule has 0 amide bonds. The molecule has 13 heteroatoms. The molecule has 4 aromatic rings. The fourth-order valence-electron chi connectivity index (χ4n) is 6.59. The molecule has 2 aliphatic rings. The molecule has 0 saturated carbocycles. The summed E-state index contributed by atoms with van der Waals surface area (Å²) < 4.78 is 52.8. The number of methoxy groups -OCH3 is 1. The first kappa shape index (κ1) is 34.6. The minimum absolute atomic E-state index is 0. The molecule has 1 aromatic heterocycles. The fraction of sp³-hybridized carbons (Fsp3) is 0.406. The predicted octanol–water partition coefficient (Wildman–Crippen LogP) is 6.03. The van der Waals surface area contributed by atoms with E-state index in [2.05, 4.69) is 73.9 Å². The predicted molar refractivity (Wildman–Crippen MR) is 170 cm³/mol. The van der Waals surface area contributed by atoms with Gasteiger partial charge in [0.1, 0.15) is 12.4 Å². The summed E-state index contributed by atoms with van der Waals surface area (Å²) in [4.78, 5) is 5.09. The maximum absolute atomic E-state index is 13.6. The van der Waals surface area contributed by atoms with Gasteiger partial charge in [-0.15, -0.1) is 29.9 Å². The van der Waals surface area contributed by atoms with E-state index in [9.17, 15) is 13.2 Å². The molecule has 2 unspecified atom stereocenters. The Hall–Kier alpha value is -3.22. The Kier molecular flexibility index (Phi) is 11.8. The highest BCUT2D eigenvalue weighted by Gasteiger charge is 2.42. The summed E-state index contributed by atoms with van der Waals surface area (Å²) in [5.41, 5.74) is 3.55. The van der Waals surface area contributed by atoms with Crippen molar-refractivity contribution in [3.8, 4) is 11.4 Å². The summed E-state index contributed by atoms with van der Waals surface area (Å²) in [6.07, 6.45) is -2.43. The number of benzene rings is 3. The smallest absolute Gasteiger partial charge is 0.453 e. The van der Waals surface area contributed by atoms with Gasteiger partial charge in [0.2, 0.25) is 0 Å². The van der Waals surface area contributed by atoms with E-state index in [0.717, 1.165) is 42.7 Å². The fourth-order valence-corrected chi connectivity index (χ4v) is 6.59. The Labute approximate surface area is 273 Å². The van der Waals surface area contributed by atoms with Gasteiger partial charge < -0.3 is 9.47 Å². The lowest BCUT2D eigenvalue weighted by Crippen LogP contribution is -2.57. The number of fused-ring (bicyclic) bond motifs is 1. The van der Waals surface area contributed by atoms with Crippen molar-refractivity contribution >= 4 is 24.8 Å². The Bertz CT molecular complexity index is 1460. The number of ether oxygens (including phenoxy) is 2. The molecule has 242 valence electrons. The van der Waals surface area contributed by atoms with Crippen LogP contribution in [0.3, 0.4) is 0 Å². The summed E-state index contributed by atoms with van der Waals surface area (Å²) in [5, 5.41) is 10.2.